The monoisotopic (exact) mass is 335 g/mol. The van der Waals surface area contributed by atoms with Crippen LogP contribution in [-0.2, 0) is 6.54 Å². The predicted octanol–water partition coefficient (Wildman–Crippen LogP) is 5.56. The molecule has 0 N–H and O–H groups in total. The number of Topliss-reactive ketones (excluding diaryl/α,β-unsaturated/α-hetero) is 1. The van der Waals surface area contributed by atoms with E-state index in [1.165, 1.54) is 36.0 Å². The quantitative estimate of drug-likeness (QED) is 0.667. The summed E-state index contributed by atoms with van der Waals surface area (Å²) in [6, 6.07) is 17.3. The molecule has 25 heavy (non-hydrogen) atoms. The zero-order chi connectivity index (χ0) is 17.8. The number of benzene rings is 2. The fraction of sp³-hybridized carbons (Fsp3) is 0.435. The summed E-state index contributed by atoms with van der Waals surface area (Å²) < 4.78 is 0. The standard InChI is InChI=1S/C23H29NO/c1-17(2)23(25)21-13-7-5-11-19(21)16-24-15-9-8-14-22(24)20-12-6-4-10-18(20)3/h4-7,10-13,17,22H,8-9,14-16H2,1-3H3. The third kappa shape index (κ3) is 4.01. The van der Waals surface area contributed by atoms with Gasteiger partial charge in [-0.1, -0.05) is 68.8 Å². The van der Waals surface area contributed by atoms with E-state index >= 15 is 0 Å². The Kier molecular flexibility index (Phi) is 5.70. The van der Waals surface area contributed by atoms with Crippen LogP contribution in [0.5, 0.6) is 0 Å². The molecule has 2 aromatic rings. The number of carbonyl (C=O) groups excluding carboxylic acids is 1. The Labute approximate surface area is 151 Å². The molecule has 0 saturated carbocycles. The molecule has 2 heteroatoms. The number of likely N-dealkylation sites (tertiary alicyclic amines) is 1. The number of piperidine rings is 1. The fourth-order valence-electron chi connectivity index (χ4n) is 3.92. The molecule has 0 radical (unpaired) electrons. The number of nitrogens with zero attached hydrogens (tertiary/aromatic N) is 1. The van der Waals surface area contributed by atoms with Crippen LogP contribution in [0.1, 0.15) is 66.2 Å². The molecule has 1 aliphatic heterocycles. The van der Waals surface area contributed by atoms with Gasteiger partial charge in [0, 0.05) is 24.1 Å². The maximum Gasteiger partial charge on any atom is 0.165 e. The van der Waals surface area contributed by atoms with Crippen molar-refractivity contribution in [3.8, 4) is 0 Å². The highest BCUT2D eigenvalue weighted by Crippen LogP contribution is 2.34. The van der Waals surface area contributed by atoms with Gasteiger partial charge in [0.1, 0.15) is 0 Å². The Bertz CT molecular complexity index is 734. The molecule has 1 fully saturated rings. The topological polar surface area (TPSA) is 20.3 Å². The zero-order valence-corrected chi connectivity index (χ0v) is 15.7. The zero-order valence-electron chi connectivity index (χ0n) is 15.7. The molecule has 1 unspecified atom stereocenters. The van der Waals surface area contributed by atoms with Crippen LogP contribution in [0.15, 0.2) is 48.5 Å². The van der Waals surface area contributed by atoms with E-state index in [0.29, 0.717) is 6.04 Å². The molecule has 2 aromatic carbocycles. The lowest BCUT2D eigenvalue weighted by Crippen LogP contribution is -2.34. The molecular formula is C23H29NO. The summed E-state index contributed by atoms with van der Waals surface area (Å²) in [4.78, 5) is 15.2. The van der Waals surface area contributed by atoms with Crippen LogP contribution < -0.4 is 0 Å². The van der Waals surface area contributed by atoms with Gasteiger partial charge in [-0.05, 0) is 43.0 Å². The van der Waals surface area contributed by atoms with E-state index in [1.54, 1.807) is 0 Å². The van der Waals surface area contributed by atoms with Gasteiger partial charge >= 0.3 is 0 Å². The van der Waals surface area contributed by atoms with E-state index in [9.17, 15) is 4.79 Å². The molecule has 0 aromatic heterocycles. The minimum atomic E-state index is 0.0367. The number of carbonyl (C=O) groups is 1. The summed E-state index contributed by atoms with van der Waals surface area (Å²) in [5, 5.41) is 0. The first-order valence-corrected chi connectivity index (χ1v) is 9.49. The van der Waals surface area contributed by atoms with Crippen molar-refractivity contribution in [2.75, 3.05) is 6.54 Å². The summed E-state index contributed by atoms with van der Waals surface area (Å²) in [5.41, 5.74) is 4.87. The van der Waals surface area contributed by atoms with E-state index < -0.39 is 0 Å². The van der Waals surface area contributed by atoms with Crippen molar-refractivity contribution < 1.29 is 4.79 Å². The second-order valence-corrected chi connectivity index (χ2v) is 7.51. The summed E-state index contributed by atoms with van der Waals surface area (Å²) in [5.74, 6) is 0.287. The van der Waals surface area contributed by atoms with E-state index in [2.05, 4.69) is 48.2 Å². The van der Waals surface area contributed by atoms with E-state index in [1.807, 2.05) is 26.0 Å². The molecule has 1 heterocycles. The third-order valence-electron chi connectivity index (χ3n) is 5.34. The second-order valence-electron chi connectivity index (χ2n) is 7.51. The fourth-order valence-corrected chi connectivity index (χ4v) is 3.92. The van der Waals surface area contributed by atoms with Crippen molar-refractivity contribution in [3.63, 3.8) is 0 Å². The normalized spacial score (nSPS) is 18.5. The molecule has 132 valence electrons. The van der Waals surface area contributed by atoms with Crippen LogP contribution >= 0.6 is 0 Å². The molecule has 0 bridgehead atoms. The van der Waals surface area contributed by atoms with Gasteiger partial charge in [0.25, 0.3) is 0 Å². The molecule has 3 rings (SSSR count). The van der Waals surface area contributed by atoms with Crippen molar-refractivity contribution in [2.24, 2.45) is 5.92 Å². The third-order valence-corrected chi connectivity index (χ3v) is 5.34. The van der Waals surface area contributed by atoms with Gasteiger partial charge in [0.2, 0.25) is 0 Å². The summed E-state index contributed by atoms with van der Waals surface area (Å²) in [7, 11) is 0. The summed E-state index contributed by atoms with van der Waals surface area (Å²) in [6.07, 6.45) is 3.72. The average Bonchev–Trinajstić information content (AvgIpc) is 2.62. The SMILES string of the molecule is Cc1ccccc1C1CCCCN1Cc1ccccc1C(=O)C(C)C. The van der Waals surface area contributed by atoms with Crippen molar-refractivity contribution in [2.45, 2.75) is 52.6 Å². The Morgan fingerprint density at radius 2 is 1.80 bits per heavy atom. The largest absolute Gasteiger partial charge is 0.294 e. The van der Waals surface area contributed by atoms with Gasteiger partial charge in [-0.3, -0.25) is 9.69 Å². The lowest BCUT2D eigenvalue weighted by molar-refractivity contribution is 0.0934. The molecule has 1 aliphatic rings. The van der Waals surface area contributed by atoms with Gasteiger partial charge in [0.15, 0.2) is 5.78 Å². The smallest absolute Gasteiger partial charge is 0.165 e. The van der Waals surface area contributed by atoms with Gasteiger partial charge in [-0.2, -0.15) is 0 Å². The van der Waals surface area contributed by atoms with Gasteiger partial charge < -0.3 is 0 Å². The van der Waals surface area contributed by atoms with Gasteiger partial charge in [-0.15, -0.1) is 0 Å². The highest BCUT2D eigenvalue weighted by atomic mass is 16.1. The van der Waals surface area contributed by atoms with Crippen molar-refractivity contribution in [1.82, 2.24) is 4.90 Å². The Hall–Kier alpha value is -1.93. The van der Waals surface area contributed by atoms with Gasteiger partial charge in [-0.25, -0.2) is 0 Å². The highest BCUT2D eigenvalue weighted by molar-refractivity contribution is 5.98. The van der Waals surface area contributed by atoms with Crippen LogP contribution in [0, 0.1) is 12.8 Å². The first-order chi connectivity index (χ1) is 12.1. The molecule has 0 aliphatic carbocycles. The average molecular weight is 335 g/mol. The number of rotatable bonds is 5. The summed E-state index contributed by atoms with van der Waals surface area (Å²) >= 11 is 0. The van der Waals surface area contributed by atoms with Crippen molar-refractivity contribution in [3.05, 3.63) is 70.8 Å². The molecule has 2 nitrogen and oxygen atoms in total. The lowest BCUT2D eigenvalue weighted by Gasteiger charge is -2.37. The van der Waals surface area contributed by atoms with Crippen LogP contribution in [0.3, 0.4) is 0 Å². The highest BCUT2D eigenvalue weighted by Gasteiger charge is 2.26. The van der Waals surface area contributed by atoms with Crippen LogP contribution in [0.4, 0.5) is 0 Å². The lowest BCUT2D eigenvalue weighted by atomic mass is 9.90. The maximum absolute atomic E-state index is 12.6. The van der Waals surface area contributed by atoms with Crippen molar-refractivity contribution >= 4 is 5.78 Å². The number of hydrogen-bond acceptors (Lipinski definition) is 2. The van der Waals surface area contributed by atoms with Gasteiger partial charge in [0.05, 0.1) is 0 Å². The Morgan fingerprint density at radius 1 is 1.08 bits per heavy atom. The minimum absolute atomic E-state index is 0.0367. The Balaban J connectivity index is 1.88. The second kappa shape index (κ2) is 7.97. The molecular weight excluding hydrogens is 306 g/mol. The number of aryl methyl sites for hydroxylation is 1. The van der Waals surface area contributed by atoms with E-state index in [-0.39, 0.29) is 11.7 Å². The minimum Gasteiger partial charge on any atom is -0.294 e. The van der Waals surface area contributed by atoms with Crippen molar-refractivity contribution in [1.29, 1.82) is 0 Å². The number of ketones is 1. The van der Waals surface area contributed by atoms with Crippen LogP contribution in [0.2, 0.25) is 0 Å². The maximum atomic E-state index is 12.6. The molecule has 1 atom stereocenters. The molecule has 0 amide bonds. The predicted molar refractivity (Wildman–Crippen MR) is 104 cm³/mol. The van der Waals surface area contributed by atoms with E-state index in [4.69, 9.17) is 0 Å². The van der Waals surface area contributed by atoms with Crippen LogP contribution in [-0.4, -0.2) is 17.2 Å². The molecule has 0 spiro atoms. The summed E-state index contributed by atoms with van der Waals surface area (Å²) in [6.45, 7) is 8.13. The first-order valence-electron chi connectivity index (χ1n) is 9.49. The van der Waals surface area contributed by atoms with Crippen LogP contribution in [0.25, 0.3) is 0 Å². The Morgan fingerprint density at radius 3 is 2.56 bits per heavy atom. The first kappa shape index (κ1) is 17.9. The molecule has 1 saturated heterocycles. The number of hydrogen-bond donors (Lipinski definition) is 0. The van der Waals surface area contributed by atoms with E-state index in [0.717, 1.165) is 18.7 Å².